The number of allylic oxidation sites excluding steroid dienone is 5. The molecule has 0 aromatic heterocycles. The smallest absolute Gasteiger partial charge is 0.350 e. The number of dihydropyridines is 2. The van der Waals surface area contributed by atoms with Crippen LogP contribution in [0.5, 0.6) is 0 Å². The van der Waals surface area contributed by atoms with E-state index in [2.05, 4.69) is 81.1 Å². The Morgan fingerprint density at radius 2 is 2.00 bits per heavy atom. The van der Waals surface area contributed by atoms with Gasteiger partial charge in [0, 0.05) is 55.9 Å². The van der Waals surface area contributed by atoms with Gasteiger partial charge in [0.2, 0.25) is 5.78 Å². The molecule has 0 saturated carbocycles. The number of ether oxygens (including phenoxy) is 2. The summed E-state index contributed by atoms with van der Waals surface area (Å²) >= 11 is 0. The molecule has 7 aliphatic rings. The molecule has 378 valence electrons. The number of cyclic esters (lactones) is 1. The van der Waals surface area contributed by atoms with Crippen LogP contribution in [-0.2, 0) is 20.7 Å². The first-order chi connectivity index (χ1) is 33.8. The van der Waals surface area contributed by atoms with E-state index < -0.39 is 34.8 Å². The van der Waals surface area contributed by atoms with Gasteiger partial charge in [-0.15, -0.1) is 0 Å². The molecule has 70 heavy (non-hydrogen) atoms. The average molecular weight is 960 g/mol. The highest BCUT2D eigenvalue weighted by Crippen LogP contribution is 2.60. The van der Waals surface area contributed by atoms with Gasteiger partial charge in [-0.2, -0.15) is 0 Å². The molecule has 4 aliphatic heterocycles. The molecule has 11 N–H and O–H groups in total. The van der Waals surface area contributed by atoms with Crippen molar-refractivity contribution in [2.75, 3.05) is 40.5 Å². The number of aliphatic imine (C=N–C) groups is 1. The maximum Gasteiger partial charge on any atom is 0.350 e. The van der Waals surface area contributed by atoms with Crippen LogP contribution in [0, 0.1) is 23.2 Å². The molecule has 1 spiro atoms. The monoisotopic (exact) mass is 960 g/mol. The van der Waals surface area contributed by atoms with Crippen molar-refractivity contribution in [3.8, 4) is 0 Å². The molecule has 3 aliphatic carbocycles. The van der Waals surface area contributed by atoms with E-state index in [1.165, 1.54) is 5.57 Å². The zero-order valence-corrected chi connectivity index (χ0v) is 41.9. The number of rotatable bonds is 16. The Hall–Kier alpha value is -5.32. The predicted octanol–water partition coefficient (Wildman–Crippen LogP) is 4.98. The third-order valence-corrected chi connectivity index (χ3v) is 15.8. The van der Waals surface area contributed by atoms with Crippen molar-refractivity contribution in [3.63, 3.8) is 0 Å². The van der Waals surface area contributed by atoms with Crippen LogP contribution in [0.1, 0.15) is 118 Å². The van der Waals surface area contributed by atoms with Gasteiger partial charge in [-0.1, -0.05) is 86.9 Å². The predicted molar refractivity (Wildman–Crippen MR) is 274 cm³/mol. The molecule has 0 amide bonds. The molecule has 15 heteroatoms. The number of aliphatic hydroxyl groups is 1. The second-order valence-corrected chi connectivity index (χ2v) is 20.9. The topological polar surface area (TPSA) is 230 Å². The van der Waals surface area contributed by atoms with Crippen molar-refractivity contribution in [2.45, 2.75) is 133 Å². The molecule has 10 unspecified atom stereocenters. The first kappa shape index (κ1) is 51.0. The summed E-state index contributed by atoms with van der Waals surface area (Å²) in [6.07, 6.45) is 26.3. The minimum absolute atomic E-state index is 0.0298. The van der Waals surface area contributed by atoms with Crippen LogP contribution in [0.25, 0.3) is 0 Å². The number of ketones is 2. The van der Waals surface area contributed by atoms with Gasteiger partial charge in [0.25, 0.3) is 5.60 Å². The highest BCUT2D eigenvalue weighted by atomic mass is 16.7. The van der Waals surface area contributed by atoms with Crippen molar-refractivity contribution >= 4 is 23.5 Å². The van der Waals surface area contributed by atoms with Gasteiger partial charge in [0.1, 0.15) is 11.9 Å². The average Bonchev–Trinajstić information content (AvgIpc) is 4.07. The molecule has 8 rings (SSSR count). The fourth-order valence-electron chi connectivity index (χ4n) is 12.2. The van der Waals surface area contributed by atoms with Crippen molar-refractivity contribution in [2.24, 2.45) is 39.6 Å². The molecule has 0 radical (unpaired) electrons. The molecule has 1 aromatic carbocycles. The number of likely N-dealkylation sites (N-methyl/N-ethyl adjacent to an activating group) is 1. The zero-order chi connectivity index (χ0) is 49.6. The minimum Gasteiger partial charge on any atom is -0.459 e. The lowest BCUT2D eigenvalue weighted by molar-refractivity contribution is -0.158. The third kappa shape index (κ3) is 10.5. The quantitative estimate of drug-likeness (QED) is 0.0203. The summed E-state index contributed by atoms with van der Waals surface area (Å²) in [7, 11) is 3.50. The number of benzene rings is 1. The van der Waals surface area contributed by atoms with E-state index in [0.717, 1.165) is 73.0 Å². The van der Waals surface area contributed by atoms with E-state index in [9.17, 15) is 5.11 Å². The largest absolute Gasteiger partial charge is 0.459 e. The molecule has 1 saturated heterocycles. The van der Waals surface area contributed by atoms with Gasteiger partial charge < -0.3 is 57.9 Å². The number of fused-ring (bicyclic) bond motifs is 1. The van der Waals surface area contributed by atoms with Gasteiger partial charge in [-0.3, -0.25) is 14.6 Å². The highest BCUT2D eigenvalue weighted by molar-refractivity contribution is 6.33. The fraction of sp³-hybridized carbons (Fsp3) is 0.564. The minimum atomic E-state index is -2.20. The number of hydrogen-bond acceptors (Lipinski definition) is 13. The number of carbonyl (C=O) groups excluding carboxylic acids is 3. The van der Waals surface area contributed by atoms with Crippen LogP contribution in [0.4, 0.5) is 0 Å². The van der Waals surface area contributed by atoms with E-state index in [1.807, 2.05) is 50.5 Å². The summed E-state index contributed by atoms with van der Waals surface area (Å²) < 4.78 is 13.4. The molecule has 1 aromatic rings. The van der Waals surface area contributed by atoms with Crippen LogP contribution >= 0.6 is 0 Å². The van der Waals surface area contributed by atoms with E-state index in [1.54, 1.807) is 13.1 Å². The Morgan fingerprint density at radius 1 is 1.16 bits per heavy atom. The lowest BCUT2D eigenvalue weighted by Crippen LogP contribution is -2.53. The summed E-state index contributed by atoms with van der Waals surface area (Å²) in [5.74, 6) is -0.0801. The number of carbonyl (C=O) groups is 3. The summed E-state index contributed by atoms with van der Waals surface area (Å²) in [5.41, 5.74) is 13.6. The number of Topliss-reactive ketones (excluding diaryl/α,β-unsaturated/α-hetero) is 2. The van der Waals surface area contributed by atoms with E-state index in [4.69, 9.17) is 20.9 Å². The summed E-state index contributed by atoms with van der Waals surface area (Å²) in [6.45, 7) is 8.12. The number of aliphatic hydroxyl groups excluding tert-OH is 1. The number of nitrogens with zero attached hydrogens (tertiary/aromatic N) is 1. The second kappa shape index (κ2) is 22.0. The summed E-state index contributed by atoms with van der Waals surface area (Å²) in [6, 6.07) is 5.11. The number of nitrogens with one attached hydrogen (secondary N) is 6. The zero-order valence-electron chi connectivity index (χ0n) is 41.9. The van der Waals surface area contributed by atoms with Gasteiger partial charge in [-0.05, 0) is 130 Å². The Bertz CT molecular complexity index is 2400. The summed E-state index contributed by atoms with van der Waals surface area (Å²) in [5, 5.41) is 30.3. The maximum atomic E-state index is 15.8. The normalized spacial score (nSPS) is 32.4. The number of epoxide rings is 1. The van der Waals surface area contributed by atoms with E-state index in [0.29, 0.717) is 51.4 Å². The van der Waals surface area contributed by atoms with Crippen LogP contribution in [-0.4, -0.2) is 105 Å². The van der Waals surface area contributed by atoms with E-state index in [-0.39, 0.29) is 65.6 Å². The van der Waals surface area contributed by atoms with Crippen molar-refractivity contribution < 1.29 is 29.0 Å². The molecule has 15 nitrogen and oxygen atoms in total. The van der Waals surface area contributed by atoms with Crippen LogP contribution < -0.4 is 43.4 Å². The highest BCUT2D eigenvalue weighted by Gasteiger charge is 2.85. The van der Waals surface area contributed by atoms with Gasteiger partial charge in [0.05, 0.1) is 18.9 Å². The molecule has 4 heterocycles. The van der Waals surface area contributed by atoms with Crippen molar-refractivity contribution in [1.29, 1.82) is 0 Å². The molecule has 10 atom stereocenters. The van der Waals surface area contributed by atoms with Crippen LogP contribution in [0.3, 0.4) is 0 Å². The number of esters is 1. The standard InChI is InChI=1S/C55H77N9O6/c1-6-60-44-27-37-14-9-13-36-12-7-8-22-53(3,30-35-18-19-46(56)62-32-35)31-39-15-10-16-40-48(39)50(67)55(51(68)69-45(17-11-25-65)42(44)29-41(36)37)54(70-55,49(40)66)23-20-34(2)26-43(64-52(57)59-5)38-21-24-61-47(28-38)63-33-58-4/h9-10,14-16,18-21,27-28,32,36,41-46,58,60-63,65H,6-8,11-13,17,22-26,29-31,33,56H2,1-5H3,(H3,57,59,64). The third-order valence-electron chi connectivity index (χ3n) is 15.8. The Balaban J connectivity index is 1.20. The van der Waals surface area contributed by atoms with Crippen LogP contribution in [0.2, 0.25) is 0 Å². The van der Waals surface area contributed by atoms with Gasteiger partial charge in [0.15, 0.2) is 17.3 Å². The Labute approximate surface area is 414 Å². The molecule has 4 bridgehead atoms. The SMILES string of the molecule is CCNC1C=C2C=CCC3CCCCC(C)(CC4=CNC(N)C=C4)Cc4cccc5c4C(=O)C4(OC4(CC=C(C)CC(NC(N)=NC)C4=CCNC(NCNC)=C4)C5=O)C(=O)OC(CCCO)C1CC23. The first-order valence-electron chi connectivity index (χ1n) is 25.7. The van der Waals surface area contributed by atoms with Crippen molar-refractivity contribution in [1.82, 2.24) is 31.9 Å². The maximum absolute atomic E-state index is 15.8. The van der Waals surface area contributed by atoms with Crippen LogP contribution in [0.15, 0.2) is 106 Å². The molecular weight excluding hydrogens is 883 g/mol. The number of hydrogen-bond donors (Lipinski definition) is 9. The number of guanidine groups is 1. The lowest BCUT2D eigenvalue weighted by Gasteiger charge is -2.43. The van der Waals surface area contributed by atoms with Crippen molar-refractivity contribution in [3.05, 3.63) is 118 Å². The Kier molecular flexibility index (Phi) is 16.0. The molecular formula is C55H77N9O6. The number of nitrogens with two attached hydrogens (primary N) is 2. The Morgan fingerprint density at radius 3 is 2.76 bits per heavy atom. The van der Waals surface area contributed by atoms with E-state index >= 15 is 14.4 Å². The lowest BCUT2D eigenvalue weighted by atomic mass is 9.66. The first-order valence-corrected chi connectivity index (χ1v) is 25.7. The summed E-state index contributed by atoms with van der Waals surface area (Å²) in [4.78, 5) is 50.9. The van der Waals surface area contributed by atoms with Gasteiger partial charge in [-0.25, -0.2) is 4.79 Å². The molecule has 1 fully saturated rings. The van der Waals surface area contributed by atoms with Gasteiger partial charge >= 0.3 is 5.97 Å². The second-order valence-electron chi connectivity index (χ2n) is 20.9. The fourth-order valence-corrected chi connectivity index (χ4v) is 12.2.